The maximum atomic E-state index is 12.2. The number of amides is 1. The van der Waals surface area contributed by atoms with Crippen LogP contribution in [0.1, 0.15) is 56.4 Å². The molecule has 1 aliphatic heterocycles. The Balaban J connectivity index is 1.52. The maximum absolute atomic E-state index is 12.2. The fraction of sp³-hybridized carbons (Fsp3) is 0.667. The molecule has 1 aromatic rings. The van der Waals surface area contributed by atoms with E-state index in [0.717, 1.165) is 18.4 Å². The monoisotopic (exact) mass is 301 g/mol. The number of carbonyl (C=O) groups is 1. The number of pyridine rings is 1. The molecule has 1 amide bonds. The molecule has 1 N–H and O–H groups in total. The molecule has 0 aromatic carbocycles. The molecule has 1 saturated heterocycles. The van der Waals surface area contributed by atoms with E-state index in [4.69, 9.17) is 0 Å². The van der Waals surface area contributed by atoms with Gasteiger partial charge in [0.25, 0.3) is 0 Å². The molecule has 22 heavy (non-hydrogen) atoms. The summed E-state index contributed by atoms with van der Waals surface area (Å²) in [5.41, 5.74) is 3.73. The summed E-state index contributed by atoms with van der Waals surface area (Å²) in [5, 5.41) is 3.06. The Morgan fingerprint density at radius 1 is 1.27 bits per heavy atom. The highest BCUT2D eigenvalue weighted by atomic mass is 16.2. The van der Waals surface area contributed by atoms with E-state index in [-0.39, 0.29) is 5.91 Å². The molecule has 2 heterocycles. The summed E-state index contributed by atoms with van der Waals surface area (Å²) in [6, 6.07) is 3.23. The number of nitrogens with zero attached hydrogens (tertiary/aromatic N) is 2. The molecule has 120 valence electrons. The molecular weight excluding hydrogens is 274 g/mol. The molecule has 4 heteroatoms. The van der Waals surface area contributed by atoms with Crippen LogP contribution in [0.2, 0.25) is 0 Å². The van der Waals surface area contributed by atoms with E-state index in [2.05, 4.69) is 35.1 Å². The first-order chi connectivity index (χ1) is 10.6. The zero-order chi connectivity index (χ0) is 15.5. The average Bonchev–Trinajstić information content (AvgIpc) is 2.96. The SMILES string of the molecule is C[C@@H]1CCC[C@H](C)N1CC(=O)NCc1cnc2c(c1)CCC2. The Labute approximate surface area is 133 Å². The number of aromatic nitrogens is 1. The molecule has 0 saturated carbocycles. The van der Waals surface area contributed by atoms with E-state index in [9.17, 15) is 4.79 Å². The second kappa shape index (κ2) is 6.78. The molecule has 1 aromatic heterocycles. The number of hydrogen-bond acceptors (Lipinski definition) is 3. The second-order valence-electron chi connectivity index (χ2n) is 6.88. The van der Waals surface area contributed by atoms with Gasteiger partial charge in [-0.25, -0.2) is 0 Å². The van der Waals surface area contributed by atoms with Gasteiger partial charge in [-0.05, 0) is 57.1 Å². The van der Waals surface area contributed by atoms with Gasteiger partial charge in [-0.15, -0.1) is 0 Å². The minimum absolute atomic E-state index is 0.126. The van der Waals surface area contributed by atoms with Crippen LogP contribution >= 0.6 is 0 Å². The van der Waals surface area contributed by atoms with Gasteiger partial charge >= 0.3 is 0 Å². The largest absolute Gasteiger partial charge is 0.351 e. The molecular formula is C18H27N3O. The van der Waals surface area contributed by atoms with Crippen LogP contribution in [0.15, 0.2) is 12.3 Å². The lowest BCUT2D eigenvalue weighted by atomic mass is 9.97. The number of piperidine rings is 1. The Morgan fingerprint density at radius 3 is 2.82 bits per heavy atom. The van der Waals surface area contributed by atoms with Crippen LogP contribution in [-0.4, -0.2) is 34.4 Å². The normalized spacial score (nSPS) is 25.0. The van der Waals surface area contributed by atoms with Crippen molar-refractivity contribution >= 4 is 5.91 Å². The van der Waals surface area contributed by atoms with Gasteiger partial charge in [0.05, 0.1) is 6.54 Å². The minimum Gasteiger partial charge on any atom is -0.351 e. The average molecular weight is 301 g/mol. The quantitative estimate of drug-likeness (QED) is 0.929. The number of likely N-dealkylation sites (tertiary alicyclic amines) is 1. The zero-order valence-electron chi connectivity index (χ0n) is 13.8. The van der Waals surface area contributed by atoms with Crippen molar-refractivity contribution in [3.8, 4) is 0 Å². The third kappa shape index (κ3) is 3.49. The van der Waals surface area contributed by atoms with Gasteiger partial charge in [-0.2, -0.15) is 0 Å². The van der Waals surface area contributed by atoms with Gasteiger partial charge < -0.3 is 5.32 Å². The molecule has 1 aliphatic carbocycles. The smallest absolute Gasteiger partial charge is 0.234 e. The third-order valence-electron chi connectivity index (χ3n) is 5.17. The van der Waals surface area contributed by atoms with Crippen molar-refractivity contribution < 1.29 is 4.79 Å². The summed E-state index contributed by atoms with van der Waals surface area (Å²) in [5.74, 6) is 0.126. The Kier molecular flexibility index (Phi) is 4.77. The van der Waals surface area contributed by atoms with E-state index in [1.807, 2.05) is 6.20 Å². The van der Waals surface area contributed by atoms with Crippen LogP contribution in [-0.2, 0) is 24.2 Å². The van der Waals surface area contributed by atoms with Gasteiger partial charge in [-0.1, -0.05) is 12.5 Å². The lowest BCUT2D eigenvalue weighted by Gasteiger charge is -2.38. The summed E-state index contributed by atoms with van der Waals surface area (Å²) in [4.78, 5) is 19.1. The van der Waals surface area contributed by atoms with Crippen molar-refractivity contribution in [1.82, 2.24) is 15.2 Å². The number of nitrogens with one attached hydrogen (secondary N) is 1. The summed E-state index contributed by atoms with van der Waals surface area (Å²) in [6.07, 6.45) is 9.04. The van der Waals surface area contributed by atoms with Crippen molar-refractivity contribution in [3.63, 3.8) is 0 Å². The summed E-state index contributed by atoms with van der Waals surface area (Å²) in [7, 11) is 0. The standard InChI is InChI=1S/C18H27N3O/c1-13-5-3-6-14(2)21(13)12-18(22)20-11-15-9-16-7-4-8-17(16)19-10-15/h9-10,13-14H,3-8,11-12H2,1-2H3,(H,20,22)/t13-,14+. The van der Waals surface area contributed by atoms with Crippen LogP contribution in [0.5, 0.6) is 0 Å². The molecule has 4 nitrogen and oxygen atoms in total. The molecule has 2 aliphatic rings. The fourth-order valence-corrected chi connectivity index (χ4v) is 3.78. The summed E-state index contributed by atoms with van der Waals surface area (Å²) < 4.78 is 0. The lowest BCUT2D eigenvalue weighted by Crippen LogP contribution is -2.48. The van der Waals surface area contributed by atoms with E-state index < -0.39 is 0 Å². The van der Waals surface area contributed by atoms with Crippen molar-refractivity contribution in [2.45, 2.75) is 71.0 Å². The molecule has 0 bridgehead atoms. The molecule has 0 radical (unpaired) electrons. The Bertz CT molecular complexity index is 533. The third-order valence-corrected chi connectivity index (χ3v) is 5.17. The molecule has 3 rings (SSSR count). The van der Waals surface area contributed by atoms with E-state index in [1.54, 1.807) is 0 Å². The van der Waals surface area contributed by atoms with Crippen LogP contribution in [0, 0.1) is 0 Å². The van der Waals surface area contributed by atoms with Crippen molar-refractivity contribution in [1.29, 1.82) is 0 Å². The first-order valence-corrected chi connectivity index (χ1v) is 8.62. The molecule has 0 unspecified atom stereocenters. The van der Waals surface area contributed by atoms with E-state index >= 15 is 0 Å². The highest BCUT2D eigenvalue weighted by Crippen LogP contribution is 2.22. The second-order valence-corrected chi connectivity index (χ2v) is 6.88. The number of carbonyl (C=O) groups excluding carboxylic acids is 1. The highest BCUT2D eigenvalue weighted by molar-refractivity contribution is 5.78. The van der Waals surface area contributed by atoms with Gasteiger partial charge in [0.2, 0.25) is 5.91 Å². The van der Waals surface area contributed by atoms with Crippen molar-refractivity contribution in [2.75, 3.05) is 6.54 Å². The van der Waals surface area contributed by atoms with Gasteiger partial charge in [-0.3, -0.25) is 14.7 Å². The van der Waals surface area contributed by atoms with Crippen LogP contribution in [0.25, 0.3) is 0 Å². The molecule has 0 spiro atoms. The van der Waals surface area contributed by atoms with Crippen molar-refractivity contribution in [2.24, 2.45) is 0 Å². The fourth-order valence-electron chi connectivity index (χ4n) is 3.78. The van der Waals surface area contributed by atoms with Crippen LogP contribution in [0.3, 0.4) is 0 Å². The first kappa shape index (κ1) is 15.5. The maximum Gasteiger partial charge on any atom is 0.234 e. The summed E-state index contributed by atoms with van der Waals surface area (Å²) in [6.45, 7) is 5.57. The zero-order valence-corrected chi connectivity index (χ0v) is 13.8. The molecule has 1 fully saturated rings. The predicted octanol–water partition coefficient (Wildman–Crippen LogP) is 2.45. The Hall–Kier alpha value is -1.42. The van der Waals surface area contributed by atoms with E-state index in [1.165, 1.54) is 36.9 Å². The number of hydrogen-bond donors (Lipinski definition) is 1. The van der Waals surface area contributed by atoms with Gasteiger partial charge in [0.1, 0.15) is 0 Å². The first-order valence-electron chi connectivity index (χ1n) is 8.62. The lowest BCUT2D eigenvalue weighted by molar-refractivity contribution is -0.124. The number of rotatable bonds is 4. The predicted molar refractivity (Wildman–Crippen MR) is 87.6 cm³/mol. The van der Waals surface area contributed by atoms with Crippen LogP contribution in [0.4, 0.5) is 0 Å². The summed E-state index contributed by atoms with van der Waals surface area (Å²) >= 11 is 0. The van der Waals surface area contributed by atoms with E-state index in [0.29, 0.717) is 25.2 Å². The van der Waals surface area contributed by atoms with Crippen LogP contribution < -0.4 is 5.32 Å². The Morgan fingerprint density at radius 2 is 2.05 bits per heavy atom. The van der Waals surface area contributed by atoms with Crippen molar-refractivity contribution in [3.05, 3.63) is 29.1 Å². The number of aryl methyl sites for hydroxylation is 2. The van der Waals surface area contributed by atoms with Gasteiger partial charge in [0.15, 0.2) is 0 Å². The number of fused-ring (bicyclic) bond motifs is 1. The minimum atomic E-state index is 0.126. The van der Waals surface area contributed by atoms with Gasteiger partial charge in [0, 0.05) is 30.5 Å². The molecule has 2 atom stereocenters. The highest BCUT2D eigenvalue weighted by Gasteiger charge is 2.26. The topological polar surface area (TPSA) is 45.2 Å².